The number of amides is 1. The van der Waals surface area contributed by atoms with Crippen LogP contribution in [0, 0.1) is 15.9 Å². The van der Waals surface area contributed by atoms with Gasteiger partial charge in [0.2, 0.25) is 5.91 Å². The van der Waals surface area contributed by atoms with E-state index in [-0.39, 0.29) is 23.5 Å². The Balaban J connectivity index is 1.83. The van der Waals surface area contributed by atoms with Gasteiger partial charge in [-0.25, -0.2) is 9.37 Å². The minimum Gasteiger partial charge on any atom is -0.322 e. The van der Waals surface area contributed by atoms with Gasteiger partial charge in [-0.15, -0.1) is 11.3 Å². The van der Waals surface area contributed by atoms with Crippen molar-refractivity contribution >= 4 is 38.8 Å². The smallest absolute Gasteiger partial charge is 0.271 e. The summed E-state index contributed by atoms with van der Waals surface area (Å²) < 4.78 is 14.9. The topological polar surface area (TPSA) is 107 Å². The number of aryl methyl sites for hydroxylation is 1. The van der Waals surface area contributed by atoms with Crippen LogP contribution in [0.1, 0.15) is 11.8 Å². The summed E-state index contributed by atoms with van der Waals surface area (Å²) in [5, 5.41) is 13.4. The lowest BCUT2D eigenvalue weighted by molar-refractivity contribution is -0.384. The second-order valence-electron chi connectivity index (χ2n) is 5.43. The van der Waals surface area contributed by atoms with Gasteiger partial charge in [-0.2, -0.15) is 0 Å². The summed E-state index contributed by atoms with van der Waals surface area (Å²) in [5.41, 5.74) is -1.05. The number of nitro benzene ring substituents is 1. The molecule has 2 aromatic heterocycles. The van der Waals surface area contributed by atoms with Gasteiger partial charge < -0.3 is 5.32 Å². The predicted octanol–water partition coefficient (Wildman–Crippen LogP) is 2.71. The van der Waals surface area contributed by atoms with Gasteiger partial charge in [-0.1, -0.05) is 6.92 Å². The number of nitrogens with zero attached hydrogens (tertiary/aromatic N) is 3. The van der Waals surface area contributed by atoms with Crippen molar-refractivity contribution in [1.82, 2.24) is 9.55 Å². The van der Waals surface area contributed by atoms with Crippen LogP contribution in [-0.4, -0.2) is 20.4 Å². The van der Waals surface area contributed by atoms with Crippen molar-refractivity contribution < 1.29 is 14.1 Å². The molecular weight excluding hydrogens is 363 g/mol. The molecule has 0 spiro atoms. The first kappa shape index (κ1) is 17.7. The minimum atomic E-state index is -0.810. The van der Waals surface area contributed by atoms with Crippen molar-refractivity contribution in [2.24, 2.45) is 0 Å². The minimum absolute atomic E-state index is 0.324. The van der Waals surface area contributed by atoms with E-state index in [0.717, 1.165) is 34.1 Å². The van der Waals surface area contributed by atoms with Gasteiger partial charge in [0, 0.05) is 17.0 Å². The first-order chi connectivity index (χ1) is 12.4. The molecule has 10 heteroatoms. The van der Waals surface area contributed by atoms with E-state index in [1.54, 1.807) is 6.07 Å². The third-order valence-corrected chi connectivity index (χ3v) is 4.85. The van der Waals surface area contributed by atoms with Gasteiger partial charge in [0.15, 0.2) is 0 Å². The molecule has 26 heavy (non-hydrogen) atoms. The summed E-state index contributed by atoms with van der Waals surface area (Å²) in [6.07, 6.45) is 2.02. The number of nitro groups is 1. The number of fused-ring (bicyclic) bond motifs is 1. The molecule has 0 saturated heterocycles. The Bertz CT molecular complexity index is 1080. The molecule has 1 aromatic carbocycles. The van der Waals surface area contributed by atoms with Crippen LogP contribution in [0.2, 0.25) is 0 Å². The zero-order valence-corrected chi connectivity index (χ0v) is 14.4. The molecule has 8 nitrogen and oxygen atoms in total. The zero-order valence-electron chi connectivity index (χ0n) is 13.6. The maximum Gasteiger partial charge on any atom is 0.271 e. The fraction of sp³-hybridized carbons (Fsp3) is 0.188. The standard InChI is InChI=1S/C16H13FN4O4S/c1-2-10-6-11-15(26-10)18-8-20(16(11)23)7-14(22)19-13-5-9(21(24)25)3-4-12(13)17/h3-6,8H,2,7H2,1H3,(H,19,22). The van der Waals surface area contributed by atoms with Crippen LogP contribution in [0.25, 0.3) is 10.2 Å². The maximum absolute atomic E-state index is 13.7. The van der Waals surface area contributed by atoms with Gasteiger partial charge in [-0.05, 0) is 18.6 Å². The molecule has 1 N–H and O–H groups in total. The van der Waals surface area contributed by atoms with Crippen molar-refractivity contribution in [3.8, 4) is 0 Å². The first-order valence-corrected chi connectivity index (χ1v) is 8.42. The quantitative estimate of drug-likeness (QED) is 0.544. The first-order valence-electron chi connectivity index (χ1n) is 7.60. The zero-order chi connectivity index (χ0) is 18.8. The SMILES string of the molecule is CCc1cc2c(=O)n(CC(=O)Nc3cc([N+](=O)[O-])ccc3F)cnc2s1. The summed E-state index contributed by atoms with van der Waals surface area (Å²) in [5.74, 6) is -1.51. The van der Waals surface area contributed by atoms with Crippen LogP contribution in [0.15, 0.2) is 35.4 Å². The highest BCUT2D eigenvalue weighted by Crippen LogP contribution is 2.22. The number of thiophene rings is 1. The van der Waals surface area contributed by atoms with Gasteiger partial charge in [0.05, 0.1) is 22.3 Å². The molecule has 134 valence electrons. The lowest BCUT2D eigenvalue weighted by Crippen LogP contribution is -2.27. The van der Waals surface area contributed by atoms with E-state index in [4.69, 9.17) is 0 Å². The van der Waals surface area contributed by atoms with Crippen LogP contribution in [0.5, 0.6) is 0 Å². The summed E-state index contributed by atoms with van der Waals surface area (Å²) in [7, 11) is 0. The van der Waals surface area contributed by atoms with Crippen LogP contribution in [-0.2, 0) is 17.8 Å². The largest absolute Gasteiger partial charge is 0.322 e. The highest BCUT2D eigenvalue weighted by Gasteiger charge is 2.15. The van der Waals surface area contributed by atoms with Crippen LogP contribution >= 0.6 is 11.3 Å². The highest BCUT2D eigenvalue weighted by atomic mass is 32.1. The van der Waals surface area contributed by atoms with Gasteiger partial charge in [-0.3, -0.25) is 24.3 Å². The third kappa shape index (κ3) is 3.45. The molecule has 0 unspecified atom stereocenters. The molecule has 0 atom stereocenters. The molecule has 1 amide bonds. The lowest BCUT2D eigenvalue weighted by atomic mass is 10.2. The van der Waals surface area contributed by atoms with Crippen LogP contribution in [0.4, 0.5) is 15.8 Å². The molecule has 0 aliphatic rings. The predicted molar refractivity (Wildman–Crippen MR) is 94.9 cm³/mol. The number of anilines is 1. The Hall–Kier alpha value is -3.14. The molecule has 0 aliphatic heterocycles. The fourth-order valence-electron chi connectivity index (χ4n) is 2.36. The lowest BCUT2D eigenvalue weighted by Gasteiger charge is -2.08. The average Bonchev–Trinajstić information content (AvgIpc) is 3.03. The molecule has 0 fully saturated rings. The molecule has 0 aliphatic carbocycles. The Morgan fingerprint density at radius 3 is 2.88 bits per heavy atom. The van der Waals surface area contributed by atoms with E-state index in [1.807, 2.05) is 6.92 Å². The number of halogens is 1. The summed E-state index contributed by atoms with van der Waals surface area (Å²) in [4.78, 5) is 40.4. The molecule has 3 rings (SSSR count). The third-order valence-electron chi connectivity index (χ3n) is 3.67. The van der Waals surface area contributed by atoms with Gasteiger partial charge >= 0.3 is 0 Å². The molecule has 2 heterocycles. The fourth-order valence-corrected chi connectivity index (χ4v) is 3.29. The maximum atomic E-state index is 13.7. The monoisotopic (exact) mass is 376 g/mol. The van der Waals surface area contributed by atoms with Crippen molar-refractivity contribution in [1.29, 1.82) is 0 Å². The van der Waals surface area contributed by atoms with Crippen molar-refractivity contribution in [2.75, 3.05) is 5.32 Å². The number of rotatable bonds is 5. The second kappa shape index (κ2) is 7.00. The van der Waals surface area contributed by atoms with E-state index in [2.05, 4.69) is 10.3 Å². The number of nitrogens with one attached hydrogen (secondary N) is 1. The molecule has 0 radical (unpaired) electrons. The summed E-state index contributed by atoms with van der Waals surface area (Å²) in [6, 6.07) is 4.55. The number of carbonyl (C=O) groups is 1. The van der Waals surface area contributed by atoms with E-state index in [0.29, 0.717) is 10.2 Å². The second-order valence-corrected chi connectivity index (χ2v) is 6.55. The van der Waals surface area contributed by atoms with Gasteiger partial charge in [0.25, 0.3) is 11.2 Å². The van der Waals surface area contributed by atoms with E-state index >= 15 is 0 Å². The molecule has 3 aromatic rings. The van der Waals surface area contributed by atoms with E-state index in [9.17, 15) is 24.1 Å². The van der Waals surface area contributed by atoms with Crippen molar-refractivity contribution in [3.63, 3.8) is 0 Å². The number of non-ortho nitro benzene ring substituents is 1. The van der Waals surface area contributed by atoms with Crippen molar-refractivity contribution in [2.45, 2.75) is 19.9 Å². The Morgan fingerprint density at radius 2 is 2.19 bits per heavy atom. The Morgan fingerprint density at radius 1 is 1.42 bits per heavy atom. The Labute approximate surface area is 150 Å². The number of carbonyl (C=O) groups excluding carboxylic acids is 1. The van der Waals surface area contributed by atoms with Crippen LogP contribution in [0.3, 0.4) is 0 Å². The number of aromatic nitrogens is 2. The van der Waals surface area contributed by atoms with Crippen LogP contribution < -0.4 is 10.9 Å². The number of hydrogen-bond donors (Lipinski definition) is 1. The normalized spacial score (nSPS) is 10.8. The van der Waals surface area contributed by atoms with Gasteiger partial charge in [0.1, 0.15) is 17.2 Å². The highest BCUT2D eigenvalue weighted by molar-refractivity contribution is 7.18. The van der Waals surface area contributed by atoms with E-state index in [1.165, 1.54) is 17.7 Å². The molecule has 0 saturated carbocycles. The average molecular weight is 376 g/mol. The summed E-state index contributed by atoms with van der Waals surface area (Å²) >= 11 is 1.41. The Kier molecular flexibility index (Phi) is 4.76. The number of hydrogen-bond acceptors (Lipinski definition) is 6. The summed E-state index contributed by atoms with van der Waals surface area (Å²) in [6.45, 7) is 1.57. The number of benzene rings is 1. The molecule has 0 bridgehead atoms. The molecular formula is C16H13FN4O4S. The van der Waals surface area contributed by atoms with Crippen molar-refractivity contribution in [3.05, 3.63) is 61.8 Å². The van der Waals surface area contributed by atoms with E-state index < -0.39 is 16.6 Å².